The Morgan fingerprint density at radius 3 is 2.84 bits per heavy atom. The number of thiazole rings is 1. The number of aromatic nitrogens is 4. The van der Waals surface area contributed by atoms with Crippen molar-refractivity contribution in [2.24, 2.45) is 0 Å². The monoisotopic (exact) mass is 292 g/mol. The third-order valence-corrected chi connectivity index (χ3v) is 4.13. The number of nitrogens with zero attached hydrogens (tertiary/aromatic N) is 4. The Morgan fingerprint density at radius 2 is 2.16 bits per heavy atom. The minimum absolute atomic E-state index is 0.375. The Labute approximate surface area is 120 Å². The van der Waals surface area contributed by atoms with E-state index in [1.807, 2.05) is 23.8 Å². The molecule has 0 aliphatic heterocycles. The number of aryl methyl sites for hydroxylation is 2. The Morgan fingerprint density at radius 1 is 1.32 bits per heavy atom. The van der Waals surface area contributed by atoms with Gasteiger partial charge in [0.25, 0.3) is 0 Å². The number of alkyl halides is 1. The molecular weight excluding hydrogens is 280 g/mol. The summed E-state index contributed by atoms with van der Waals surface area (Å²) < 4.78 is 2.05. The molecule has 6 heteroatoms. The number of rotatable bonds is 3. The van der Waals surface area contributed by atoms with Crippen LogP contribution in [0, 0.1) is 13.8 Å². The van der Waals surface area contributed by atoms with Gasteiger partial charge in [-0.15, -0.1) is 22.9 Å². The minimum Gasteiger partial charge on any atom is -0.305 e. The smallest absolute Gasteiger partial charge is 0.160 e. The van der Waals surface area contributed by atoms with Crippen molar-refractivity contribution in [3.8, 4) is 0 Å². The van der Waals surface area contributed by atoms with Crippen molar-refractivity contribution >= 4 is 34.1 Å². The maximum absolute atomic E-state index is 6.00. The fraction of sp³-hybridized carbons (Fsp3) is 0.308. The van der Waals surface area contributed by atoms with Crippen molar-refractivity contribution in [3.05, 3.63) is 39.7 Å². The summed E-state index contributed by atoms with van der Waals surface area (Å²) in [5, 5.41) is 1.05. The minimum atomic E-state index is 0.375. The van der Waals surface area contributed by atoms with Gasteiger partial charge in [-0.2, -0.15) is 0 Å². The zero-order valence-corrected chi connectivity index (χ0v) is 12.3. The molecule has 0 N–H and O–H groups in total. The Hall–Kier alpha value is -1.46. The summed E-state index contributed by atoms with van der Waals surface area (Å²) in [5.74, 6) is 1.21. The highest BCUT2D eigenvalue weighted by atomic mass is 35.5. The van der Waals surface area contributed by atoms with Crippen LogP contribution in [-0.4, -0.2) is 19.5 Å². The molecule has 0 spiro atoms. The van der Waals surface area contributed by atoms with E-state index in [2.05, 4.69) is 21.9 Å². The quantitative estimate of drug-likeness (QED) is 0.696. The van der Waals surface area contributed by atoms with Crippen molar-refractivity contribution in [2.75, 3.05) is 0 Å². The van der Waals surface area contributed by atoms with Gasteiger partial charge in [0.05, 0.1) is 12.4 Å². The average Bonchev–Trinajstić information content (AvgIpc) is 2.96. The fourth-order valence-corrected chi connectivity index (χ4v) is 3.04. The van der Waals surface area contributed by atoms with Crippen molar-refractivity contribution in [2.45, 2.75) is 26.3 Å². The number of hydrogen-bond acceptors (Lipinski definition) is 4. The van der Waals surface area contributed by atoms with Gasteiger partial charge in [-0.25, -0.2) is 15.0 Å². The third kappa shape index (κ3) is 2.24. The summed E-state index contributed by atoms with van der Waals surface area (Å²) in [6.45, 7) is 4.76. The number of pyridine rings is 1. The first-order chi connectivity index (χ1) is 9.19. The summed E-state index contributed by atoms with van der Waals surface area (Å²) >= 11 is 7.69. The van der Waals surface area contributed by atoms with Gasteiger partial charge in [0, 0.05) is 17.3 Å². The number of hydrogen-bond donors (Lipinski definition) is 0. The summed E-state index contributed by atoms with van der Waals surface area (Å²) in [4.78, 5) is 14.6. The van der Waals surface area contributed by atoms with E-state index in [9.17, 15) is 0 Å². The molecule has 0 saturated heterocycles. The van der Waals surface area contributed by atoms with Crippen LogP contribution < -0.4 is 0 Å². The number of fused-ring (bicyclic) bond motifs is 1. The summed E-state index contributed by atoms with van der Waals surface area (Å²) in [7, 11) is 0. The highest BCUT2D eigenvalue weighted by molar-refractivity contribution is 7.11. The van der Waals surface area contributed by atoms with Crippen LogP contribution in [0.4, 0.5) is 0 Å². The molecule has 0 bridgehead atoms. The maximum Gasteiger partial charge on any atom is 0.160 e. The molecule has 98 valence electrons. The zero-order chi connectivity index (χ0) is 13.4. The van der Waals surface area contributed by atoms with Crippen LogP contribution >= 0.6 is 22.9 Å². The first-order valence-electron chi connectivity index (χ1n) is 5.97. The third-order valence-electron chi connectivity index (χ3n) is 3.00. The zero-order valence-electron chi connectivity index (χ0n) is 10.7. The van der Waals surface area contributed by atoms with Crippen LogP contribution in [0.2, 0.25) is 0 Å². The summed E-state index contributed by atoms with van der Waals surface area (Å²) in [6.07, 6.45) is 3.69. The highest BCUT2D eigenvalue weighted by Crippen LogP contribution is 2.21. The van der Waals surface area contributed by atoms with E-state index in [1.165, 1.54) is 4.88 Å². The molecule has 0 radical (unpaired) electrons. The molecule has 0 atom stereocenters. The molecule has 0 unspecified atom stereocenters. The lowest BCUT2D eigenvalue weighted by molar-refractivity contribution is 0.765. The Bertz CT molecular complexity index is 731. The second-order valence-corrected chi connectivity index (χ2v) is 6.00. The van der Waals surface area contributed by atoms with Gasteiger partial charge in [0.2, 0.25) is 0 Å². The molecule has 0 fully saturated rings. The van der Waals surface area contributed by atoms with Crippen LogP contribution in [0.1, 0.15) is 21.3 Å². The molecule has 0 aliphatic carbocycles. The van der Waals surface area contributed by atoms with E-state index in [0.29, 0.717) is 12.4 Å². The largest absolute Gasteiger partial charge is 0.305 e. The predicted octanol–water partition coefficient (Wildman–Crippen LogP) is 3.29. The molecule has 19 heavy (non-hydrogen) atoms. The second kappa shape index (κ2) is 4.90. The lowest BCUT2D eigenvalue weighted by Gasteiger charge is -2.04. The highest BCUT2D eigenvalue weighted by Gasteiger charge is 2.14. The first-order valence-corrected chi connectivity index (χ1v) is 7.32. The van der Waals surface area contributed by atoms with E-state index in [1.54, 1.807) is 17.5 Å². The molecule has 4 nitrogen and oxygen atoms in total. The number of halogens is 1. The average molecular weight is 293 g/mol. The van der Waals surface area contributed by atoms with Gasteiger partial charge in [-0.3, -0.25) is 0 Å². The van der Waals surface area contributed by atoms with E-state index in [0.717, 1.165) is 27.6 Å². The van der Waals surface area contributed by atoms with Crippen LogP contribution in [0.25, 0.3) is 11.2 Å². The van der Waals surface area contributed by atoms with Crippen molar-refractivity contribution in [1.29, 1.82) is 0 Å². The summed E-state index contributed by atoms with van der Waals surface area (Å²) in [5.41, 5.74) is 2.92. The van der Waals surface area contributed by atoms with Crippen molar-refractivity contribution in [3.63, 3.8) is 0 Å². The van der Waals surface area contributed by atoms with E-state index >= 15 is 0 Å². The molecule has 3 aromatic heterocycles. The molecule has 0 amide bonds. The molecule has 0 aliphatic rings. The second-order valence-electron chi connectivity index (χ2n) is 4.41. The fourth-order valence-electron chi connectivity index (χ4n) is 2.06. The molecule has 3 heterocycles. The first kappa shape index (κ1) is 12.6. The lowest BCUT2D eigenvalue weighted by atomic mass is 10.3. The van der Waals surface area contributed by atoms with Gasteiger partial charge in [0.15, 0.2) is 5.65 Å². The molecule has 3 rings (SSSR count). The molecule has 0 aromatic carbocycles. The van der Waals surface area contributed by atoms with Crippen LogP contribution in [0.15, 0.2) is 18.5 Å². The Balaban J connectivity index is 2.13. The number of imidazole rings is 1. The lowest BCUT2D eigenvalue weighted by Crippen LogP contribution is -2.04. The van der Waals surface area contributed by atoms with Crippen LogP contribution in [0.3, 0.4) is 0 Å². The topological polar surface area (TPSA) is 43.6 Å². The van der Waals surface area contributed by atoms with Gasteiger partial charge < -0.3 is 4.57 Å². The summed E-state index contributed by atoms with van der Waals surface area (Å²) in [6, 6.07) is 1.96. The van der Waals surface area contributed by atoms with Gasteiger partial charge in [0.1, 0.15) is 16.3 Å². The molecular formula is C13H13ClN4S. The van der Waals surface area contributed by atoms with Gasteiger partial charge in [-0.05, 0) is 25.5 Å². The van der Waals surface area contributed by atoms with Crippen LogP contribution in [-0.2, 0) is 12.4 Å². The SMILES string of the molecule is Cc1cnc(Cn2c(CCl)nc3c(C)ccnc32)s1. The Kier molecular flexibility index (Phi) is 3.24. The molecule has 3 aromatic rings. The van der Waals surface area contributed by atoms with Gasteiger partial charge >= 0.3 is 0 Å². The van der Waals surface area contributed by atoms with Crippen molar-refractivity contribution < 1.29 is 0 Å². The van der Waals surface area contributed by atoms with E-state index in [-0.39, 0.29) is 0 Å². The normalized spacial score (nSPS) is 11.3. The van der Waals surface area contributed by atoms with Crippen LogP contribution in [0.5, 0.6) is 0 Å². The van der Waals surface area contributed by atoms with Crippen molar-refractivity contribution in [1.82, 2.24) is 19.5 Å². The van der Waals surface area contributed by atoms with Gasteiger partial charge in [-0.1, -0.05) is 0 Å². The molecule has 0 saturated carbocycles. The van der Waals surface area contributed by atoms with E-state index < -0.39 is 0 Å². The standard InChI is InChI=1S/C13H13ClN4S/c1-8-3-4-15-13-12(8)17-10(5-14)18(13)7-11-16-6-9(2)19-11/h3-4,6H,5,7H2,1-2H3. The maximum atomic E-state index is 6.00. The van der Waals surface area contributed by atoms with E-state index in [4.69, 9.17) is 11.6 Å². The predicted molar refractivity (Wildman–Crippen MR) is 77.8 cm³/mol.